The molecule has 7 rings (SSSR count). The first-order valence-corrected chi connectivity index (χ1v) is 18.1. The van der Waals surface area contributed by atoms with Crippen molar-refractivity contribution in [2.24, 2.45) is 0 Å². The Morgan fingerprint density at radius 2 is 1.91 bits per heavy atom. The third-order valence-corrected chi connectivity index (χ3v) is 11.7. The van der Waals surface area contributed by atoms with Gasteiger partial charge in [-0.3, -0.25) is 19.2 Å². The highest BCUT2D eigenvalue weighted by Crippen LogP contribution is 2.40. The van der Waals surface area contributed by atoms with E-state index in [4.69, 9.17) is 26.3 Å². The number of piperidine rings is 1. The molecule has 0 saturated carbocycles. The van der Waals surface area contributed by atoms with Crippen molar-refractivity contribution in [1.29, 1.82) is 0 Å². The average Bonchev–Trinajstić information content (AvgIpc) is 3.69. The number of carboxylic acids is 1. The molecule has 0 unspecified atom stereocenters. The summed E-state index contributed by atoms with van der Waals surface area (Å²) in [5, 5.41) is 15.2. The van der Waals surface area contributed by atoms with Gasteiger partial charge >= 0.3 is 5.97 Å². The first kappa shape index (κ1) is 31.9. The lowest BCUT2D eigenvalue weighted by atomic mass is 9.88. The van der Waals surface area contributed by atoms with Gasteiger partial charge in [-0.2, -0.15) is 0 Å². The lowest BCUT2D eigenvalue weighted by Crippen LogP contribution is -2.46. The molecule has 9 nitrogen and oxygen atoms in total. The van der Waals surface area contributed by atoms with Gasteiger partial charge in [-0.25, -0.2) is 14.8 Å². The van der Waals surface area contributed by atoms with Gasteiger partial charge in [0.2, 0.25) is 0 Å². The van der Waals surface area contributed by atoms with Crippen LogP contribution in [0.4, 0.5) is 0 Å². The number of hydrogen-bond acceptors (Lipinski definition) is 9. The maximum atomic E-state index is 13.9. The molecule has 1 saturated heterocycles. The molecule has 2 atom stereocenters. The lowest BCUT2D eigenvalue weighted by Gasteiger charge is -2.39. The maximum absolute atomic E-state index is 13.9. The molecule has 5 heterocycles. The molecule has 244 valence electrons. The molecule has 0 amide bonds. The highest BCUT2D eigenvalue weighted by molar-refractivity contribution is 7.18. The zero-order valence-electron chi connectivity index (χ0n) is 26.6. The molecule has 4 aromatic heterocycles. The normalized spacial score (nSPS) is 18.4. The molecule has 1 fully saturated rings. The molecule has 12 heteroatoms. The van der Waals surface area contributed by atoms with Crippen molar-refractivity contribution in [2.45, 2.75) is 71.4 Å². The number of ether oxygens (including phenoxy) is 1. The Morgan fingerprint density at radius 3 is 2.70 bits per heavy atom. The van der Waals surface area contributed by atoms with E-state index in [1.807, 2.05) is 32.0 Å². The van der Waals surface area contributed by atoms with Gasteiger partial charge in [0.1, 0.15) is 18.2 Å². The predicted molar refractivity (Wildman–Crippen MR) is 187 cm³/mol. The Balaban J connectivity index is 1.10. The minimum atomic E-state index is -1.01. The Morgan fingerprint density at radius 1 is 1.06 bits per heavy atom. The van der Waals surface area contributed by atoms with Crippen molar-refractivity contribution < 1.29 is 14.6 Å². The number of carbonyl (C=O) groups is 1. The molecule has 5 aromatic rings. The molecular formula is C35H36ClN5O4S2. The molecule has 0 spiro atoms. The van der Waals surface area contributed by atoms with Gasteiger partial charge in [0, 0.05) is 62.4 Å². The zero-order valence-corrected chi connectivity index (χ0v) is 29.0. The summed E-state index contributed by atoms with van der Waals surface area (Å²) >= 11 is 9.54. The van der Waals surface area contributed by atoms with Crippen LogP contribution >= 0.6 is 34.3 Å². The molecule has 1 aromatic carbocycles. The number of thiophene rings is 1. The largest absolute Gasteiger partial charge is 0.491 e. The van der Waals surface area contributed by atoms with Crippen LogP contribution in [-0.4, -0.2) is 61.2 Å². The van der Waals surface area contributed by atoms with E-state index in [9.17, 15) is 14.7 Å². The molecule has 1 aliphatic heterocycles. The SMILES string of the molecule is Cc1csc([C@@H]2CCCN([C@H]3CCc4nc(C)n(CCOc5ccc(Cl)cc5-c5cc(C)nc6c(C(=O)O)csc56)c(=O)c4C3)C2)n1. The van der Waals surface area contributed by atoms with E-state index in [-0.39, 0.29) is 17.7 Å². The van der Waals surface area contributed by atoms with E-state index in [0.29, 0.717) is 52.7 Å². The van der Waals surface area contributed by atoms with Gasteiger partial charge in [0.15, 0.2) is 0 Å². The summed E-state index contributed by atoms with van der Waals surface area (Å²) in [7, 11) is 0. The minimum absolute atomic E-state index is 0.0208. The van der Waals surface area contributed by atoms with Gasteiger partial charge in [0.25, 0.3) is 5.56 Å². The quantitative estimate of drug-likeness (QED) is 0.184. The second-order valence-electron chi connectivity index (χ2n) is 12.5. The minimum Gasteiger partial charge on any atom is -0.491 e. The van der Waals surface area contributed by atoms with Crippen molar-refractivity contribution in [2.75, 3.05) is 19.7 Å². The number of hydrogen-bond donors (Lipinski definition) is 1. The summed E-state index contributed by atoms with van der Waals surface area (Å²) in [6.07, 6.45) is 4.84. The molecule has 2 aliphatic rings. The van der Waals surface area contributed by atoms with Crippen LogP contribution in [0.5, 0.6) is 5.75 Å². The fourth-order valence-electron chi connectivity index (χ4n) is 7.06. The van der Waals surface area contributed by atoms with Crippen LogP contribution in [0.1, 0.15) is 69.0 Å². The summed E-state index contributed by atoms with van der Waals surface area (Å²) in [6.45, 7) is 8.42. The summed E-state index contributed by atoms with van der Waals surface area (Å²) < 4.78 is 8.82. The van der Waals surface area contributed by atoms with Gasteiger partial charge in [0.05, 0.1) is 33.0 Å². The van der Waals surface area contributed by atoms with Crippen molar-refractivity contribution >= 4 is 50.5 Å². The van der Waals surface area contributed by atoms with Crippen LogP contribution in [0.3, 0.4) is 0 Å². The Bertz CT molecular complexity index is 2050. The smallest absolute Gasteiger partial charge is 0.338 e. The van der Waals surface area contributed by atoms with Crippen LogP contribution in [0.15, 0.2) is 39.8 Å². The van der Waals surface area contributed by atoms with Crippen molar-refractivity contribution in [3.8, 4) is 16.9 Å². The number of rotatable bonds is 8. The Kier molecular flexibility index (Phi) is 8.90. The fourth-order valence-corrected chi connectivity index (χ4v) is 9.17. The third kappa shape index (κ3) is 6.34. The van der Waals surface area contributed by atoms with Crippen LogP contribution in [0.25, 0.3) is 21.3 Å². The number of aromatic carboxylic acids is 1. The molecule has 47 heavy (non-hydrogen) atoms. The molecular weight excluding hydrogens is 654 g/mol. The van der Waals surface area contributed by atoms with Crippen LogP contribution in [0, 0.1) is 20.8 Å². The highest BCUT2D eigenvalue weighted by atomic mass is 35.5. The number of carboxylic acid groups (broad SMARTS) is 1. The average molecular weight is 690 g/mol. The van der Waals surface area contributed by atoms with Crippen molar-refractivity contribution in [1.82, 2.24) is 24.4 Å². The van der Waals surface area contributed by atoms with E-state index in [2.05, 4.69) is 22.2 Å². The Hall–Kier alpha value is -3.64. The first-order valence-electron chi connectivity index (χ1n) is 16.0. The Labute approximate surface area is 285 Å². The summed E-state index contributed by atoms with van der Waals surface area (Å²) in [6, 6.07) is 7.65. The fraction of sp³-hybridized carbons (Fsp3) is 0.400. The molecule has 1 aliphatic carbocycles. The van der Waals surface area contributed by atoms with Crippen molar-refractivity contribution in [3.05, 3.63) is 89.4 Å². The standard InChI is InChI=1S/C35H36ClN5O4S2/c1-19-13-26(32-31(37-19)28(18-46-32)35(43)44)25-14-23(36)6-9-30(25)45-12-11-41-21(3)39-29-8-7-24(15-27(29)34(41)42)40-10-4-5-22(16-40)33-38-20(2)17-47-33/h6,9,13-14,17-18,22,24H,4-5,7-8,10-12,15-16H2,1-3H3,(H,43,44)/t22-,24+/m1/s1. The first-order chi connectivity index (χ1) is 22.7. The number of aromatic nitrogens is 4. The monoisotopic (exact) mass is 689 g/mol. The summed E-state index contributed by atoms with van der Waals surface area (Å²) in [4.78, 5) is 42.5. The van der Waals surface area contributed by atoms with E-state index in [0.717, 1.165) is 71.6 Å². The van der Waals surface area contributed by atoms with Crippen LogP contribution in [0.2, 0.25) is 5.02 Å². The second kappa shape index (κ2) is 13.1. The number of benzene rings is 1. The number of pyridine rings is 1. The van der Waals surface area contributed by atoms with E-state index >= 15 is 0 Å². The molecule has 0 bridgehead atoms. The topological polar surface area (TPSA) is 110 Å². The number of thiazole rings is 1. The van der Waals surface area contributed by atoms with Crippen LogP contribution < -0.4 is 10.3 Å². The van der Waals surface area contributed by atoms with Gasteiger partial charge < -0.3 is 9.84 Å². The number of nitrogens with zero attached hydrogens (tertiary/aromatic N) is 5. The number of halogens is 1. The highest BCUT2D eigenvalue weighted by Gasteiger charge is 2.32. The molecule has 1 N–H and O–H groups in total. The van der Waals surface area contributed by atoms with E-state index in [1.165, 1.54) is 16.3 Å². The number of likely N-dealkylation sites (tertiary alicyclic amines) is 1. The van der Waals surface area contributed by atoms with Crippen molar-refractivity contribution in [3.63, 3.8) is 0 Å². The second-order valence-corrected chi connectivity index (χ2v) is 14.7. The number of aryl methyl sites for hydroxylation is 4. The zero-order chi connectivity index (χ0) is 32.8. The summed E-state index contributed by atoms with van der Waals surface area (Å²) in [5.41, 5.74) is 5.73. The van der Waals surface area contributed by atoms with Gasteiger partial charge in [-0.1, -0.05) is 11.6 Å². The predicted octanol–water partition coefficient (Wildman–Crippen LogP) is 7.07. The van der Waals surface area contributed by atoms with Gasteiger partial charge in [-0.15, -0.1) is 22.7 Å². The third-order valence-electron chi connectivity index (χ3n) is 9.33. The number of fused-ring (bicyclic) bond motifs is 2. The van der Waals surface area contributed by atoms with Crippen LogP contribution in [-0.2, 0) is 19.4 Å². The summed E-state index contributed by atoms with van der Waals surface area (Å²) in [5.74, 6) is 0.728. The lowest BCUT2D eigenvalue weighted by molar-refractivity contribution is 0.0699. The maximum Gasteiger partial charge on any atom is 0.338 e. The van der Waals surface area contributed by atoms with Gasteiger partial charge in [-0.05, 0) is 83.7 Å². The van der Waals surface area contributed by atoms with E-state index in [1.54, 1.807) is 27.4 Å². The van der Waals surface area contributed by atoms with E-state index < -0.39 is 5.97 Å². The molecule has 0 radical (unpaired) electrons.